The molecule has 7 heteroatoms. The Morgan fingerprint density at radius 2 is 1.91 bits per heavy atom. The molecule has 2 rings (SSSR count). The van der Waals surface area contributed by atoms with Crippen molar-refractivity contribution >= 4 is 23.2 Å². The molecule has 1 heterocycles. The summed E-state index contributed by atoms with van der Waals surface area (Å²) in [5.74, 6) is -0.446. The summed E-state index contributed by atoms with van der Waals surface area (Å²) in [5.41, 5.74) is -1.17. The molecule has 116 valence electrons. The van der Waals surface area contributed by atoms with Crippen molar-refractivity contribution in [1.82, 2.24) is 4.98 Å². The van der Waals surface area contributed by atoms with Crippen molar-refractivity contribution < 1.29 is 18.3 Å². The number of hydrogen-bond donors (Lipinski definition) is 1. The van der Waals surface area contributed by atoms with E-state index in [4.69, 9.17) is 0 Å². The van der Waals surface area contributed by atoms with Crippen LogP contribution in [0.3, 0.4) is 0 Å². The van der Waals surface area contributed by atoms with Crippen LogP contribution in [-0.2, 0) is 0 Å². The van der Waals surface area contributed by atoms with Crippen LogP contribution in [0.1, 0.15) is 21.6 Å². The van der Waals surface area contributed by atoms with Crippen LogP contribution in [0.15, 0.2) is 36.5 Å². The molecule has 22 heavy (non-hydrogen) atoms. The molecule has 1 aromatic carbocycles. The SMILES string of the molecule is Cc1cc(C(=O)Nc2ccc(OC(F)(F)Cl)cc2)cnc1C. The first-order valence-electron chi connectivity index (χ1n) is 6.35. The van der Waals surface area contributed by atoms with E-state index < -0.39 is 5.57 Å². The van der Waals surface area contributed by atoms with E-state index in [0.29, 0.717) is 11.3 Å². The van der Waals surface area contributed by atoms with Crippen LogP contribution in [0.2, 0.25) is 0 Å². The molecule has 0 aliphatic carbocycles. The first-order chi connectivity index (χ1) is 10.2. The largest absolute Gasteiger partial charge is 0.487 e. The third-order valence-corrected chi connectivity index (χ3v) is 3.03. The van der Waals surface area contributed by atoms with Crippen LogP contribution in [0.25, 0.3) is 0 Å². The monoisotopic (exact) mass is 326 g/mol. The molecule has 0 aliphatic rings. The van der Waals surface area contributed by atoms with E-state index in [1.165, 1.54) is 30.5 Å². The fourth-order valence-electron chi connectivity index (χ4n) is 1.71. The number of aromatic nitrogens is 1. The fourth-order valence-corrected chi connectivity index (χ4v) is 1.80. The molecular weight excluding hydrogens is 314 g/mol. The number of nitrogens with zero attached hydrogens (tertiary/aromatic N) is 1. The van der Waals surface area contributed by atoms with Gasteiger partial charge in [0.1, 0.15) is 5.75 Å². The van der Waals surface area contributed by atoms with E-state index in [9.17, 15) is 13.6 Å². The molecule has 0 fully saturated rings. The van der Waals surface area contributed by atoms with Crippen LogP contribution in [0.5, 0.6) is 5.75 Å². The summed E-state index contributed by atoms with van der Waals surface area (Å²) < 4.78 is 29.1. The highest BCUT2D eigenvalue weighted by molar-refractivity contribution is 6.20. The predicted octanol–water partition coefficient (Wildman–Crippen LogP) is 4.12. The number of alkyl halides is 3. The summed E-state index contributed by atoms with van der Waals surface area (Å²) in [4.78, 5) is 16.2. The lowest BCUT2D eigenvalue weighted by Gasteiger charge is -2.11. The summed E-state index contributed by atoms with van der Waals surface area (Å²) in [6.45, 7) is 3.71. The average Bonchev–Trinajstić information content (AvgIpc) is 2.42. The summed E-state index contributed by atoms with van der Waals surface area (Å²) >= 11 is 4.67. The van der Waals surface area contributed by atoms with Gasteiger partial charge in [0.15, 0.2) is 0 Å². The molecule has 0 saturated heterocycles. The summed E-state index contributed by atoms with van der Waals surface area (Å²) in [6.07, 6.45) is 1.48. The molecule has 0 spiro atoms. The Morgan fingerprint density at radius 3 is 2.45 bits per heavy atom. The Hall–Kier alpha value is -2.21. The number of hydrogen-bond acceptors (Lipinski definition) is 3. The highest BCUT2D eigenvalue weighted by atomic mass is 35.5. The molecule has 1 amide bonds. The molecule has 2 aromatic rings. The van der Waals surface area contributed by atoms with Crippen molar-refractivity contribution in [1.29, 1.82) is 0 Å². The second kappa shape index (κ2) is 6.27. The van der Waals surface area contributed by atoms with Gasteiger partial charge < -0.3 is 10.1 Å². The minimum Gasteiger partial charge on any atom is -0.420 e. The van der Waals surface area contributed by atoms with Crippen LogP contribution in [-0.4, -0.2) is 16.5 Å². The standard InChI is InChI=1S/C15H13ClF2N2O2/c1-9-7-11(8-19-10(9)2)14(21)20-12-3-5-13(6-4-12)22-15(16,17)18/h3-8H,1-2H3,(H,20,21). The zero-order valence-electron chi connectivity index (χ0n) is 11.9. The Kier molecular flexibility index (Phi) is 4.61. The number of nitrogens with one attached hydrogen (secondary N) is 1. The molecule has 1 aromatic heterocycles. The van der Waals surface area contributed by atoms with E-state index in [1.807, 2.05) is 13.8 Å². The van der Waals surface area contributed by atoms with Gasteiger partial charge in [-0.15, -0.1) is 8.78 Å². The summed E-state index contributed by atoms with van der Waals surface area (Å²) in [5, 5.41) is 2.64. The topological polar surface area (TPSA) is 51.2 Å². The van der Waals surface area contributed by atoms with Crippen molar-refractivity contribution in [3.63, 3.8) is 0 Å². The van der Waals surface area contributed by atoms with E-state index in [2.05, 4.69) is 26.6 Å². The number of amides is 1. The summed E-state index contributed by atoms with van der Waals surface area (Å²) in [7, 11) is 0. The maximum absolute atomic E-state index is 12.5. The minimum absolute atomic E-state index is 0.106. The van der Waals surface area contributed by atoms with Gasteiger partial charge in [-0.3, -0.25) is 9.78 Å². The van der Waals surface area contributed by atoms with Crippen LogP contribution >= 0.6 is 11.6 Å². The van der Waals surface area contributed by atoms with Gasteiger partial charge in [0.25, 0.3) is 5.91 Å². The van der Waals surface area contributed by atoms with Crippen molar-refractivity contribution in [3.05, 3.63) is 53.3 Å². The van der Waals surface area contributed by atoms with Gasteiger partial charge in [-0.25, -0.2) is 0 Å². The summed E-state index contributed by atoms with van der Waals surface area (Å²) in [6, 6.07) is 7.16. The van der Waals surface area contributed by atoms with E-state index in [1.54, 1.807) is 6.07 Å². The zero-order chi connectivity index (χ0) is 16.3. The average molecular weight is 327 g/mol. The normalized spacial score (nSPS) is 11.1. The number of carbonyl (C=O) groups excluding carboxylic acids is 1. The third kappa shape index (κ3) is 4.39. The number of pyridine rings is 1. The number of aryl methyl sites for hydroxylation is 2. The molecule has 1 N–H and O–H groups in total. The van der Waals surface area contributed by atoms with Gasteiger partial charge in [0.05, 0.1) is 5.56 Å². The maximum Gasteiger partial charge on any atom is 0.487 e. The minimum atomic E-state index is -3.77. The van der Waals surface area contributed by atoms with Gasteiger partial charge in [-0.2, -0.15) is 0 Å². The smallest absolute Gasteiger partial charge is 0.420 e. The van der Waals surface area contributed by atoms with E-state index in [-0.39, 0.29) is 11.7 Å². The first-order valence-corrected chi connectivity index (χ1v) is 6.73. The predicted molar refractivity (Wildman–Crippen MR) is 79.5 cm³/mol. The Labute approximate surface area is 131 Å². The van der Waals surface area contributed by atoms with Crippen molar-refractivity contribution in [2.45, 2.75) is 19.4 Å². The molecule has 0 aliphatic heterocycles. The van der Waals surface area contributed by atoms with Crippen molar-refractivity contribution in [3.8, 4) is 5.75 Å². The van der Waals surface area contributed by atoms with Gasteiger partial charge >= 0.3 is 5.57 Å². The Morgan fingerprint density at radius 1 is 1.27 bits per heavy atom. The molecule has 0 unspecified atom stereocenters. The molecule has 0 saturated carbocycles. The lowest BCUT2D eigenvalue weighted by Crippen LogP contribution is -2.16. The molecule has 0 radical (unpaired) electrons. The Balaban J connectivity index is 2.07. The van der Waals surface area contributed by atoms with Crippen LogP contribution < -0.4 is 10.1 Å². The Bertz CT molecular complexity index is 685. The number of carbonyl (C=O) groups is 1. The number of rotatable bonds is 4. The second-order valence-corrected chi connectivity index (χ2v) is 5.09. The van der Waals surface area contributed by atoms with Gasteiger partial charge in [0, 0.05) is 29.2 Å². The van der Waals surface area contributed by atoms with Gasteiger partial charge in [-0.1, -0.05) is 0 Å². The van der Waals surface area contributed by atoms with Crippen LogP contribution in [0.4, 0.5) is 14.5 Å². The van der Waals surface area contributed by atoms with Gasteiger partial charge in [0.2, 0.25) is 0 Å². The lowest BCUT2D eigenvalue weighted by molar-refractivity contribution is -0.0964. The van der Waals surface area contributed by atoms with Crippen LogP contribution in [0, 0.1) is 13.8 Å². The number of ether oxygens (including phenoxy) is 1. The zero-order valence-corrected chi connectivity index (χ0v) is 12.6. The highest BCUT2D eigenvalue weighted by Crippen LogP contribution is 2.26. The highest BCUT2D eigenvalue weighted by Gasteiger charge is 2.27. The molecule has 0 atom stereocenters. The first kappa shape index (κ1) is 16.2. The molecular formula is C15H13ClF2N2O2. The number of halogens is 3. The van der Waals surface area contributed by atoms with E-state index >= 15 is 0 Å². The molecule has 0 bridgehead atoms. The third-order valence-electron chi connectivity index (χ3n) is 2.95. The lowest BCUT2D eigenvalue weighted by atomic mass is 10.1. The van der Waals surface area contributed by atoms with Gasteiger partial charge in [-0.05, 0) is 49.7 Å². The number of benzene rings is 1. The van der Waals surface area contributed by atoms with Crippen molar-refractivity contribution in [2.24, 2.45) is 0 Å². The van der Waals surface area contributed by atoms with E-state index in [0.717, 1.165) is 11.3 Å². The number of anilines is 1. The maximum atomic E-state index is 12.5. The quantitative estimate of drug-likeness (QED) is 0.860. The molecule has 4 nitrogen and oxygen atoms in total. The van der Waals surface area contributed by atoms with Crippen molar-refractivity contribution in [2.75, 3.05) is 5.32 Å². The fraction of sp³-hybridized carbons (Fsp3) is 0.200. The second-order valence-electron chi connectivity index (χ2n) is 4.65.